The lowest BCUT2D eigenvalue weighted by molar-refractivity contribution is 0.105. The van der Waals surface area contributed by atoms with Gasteiger partial charge in [-0.2, -0.15) is 0 Å². The zero-order valence-electron chi connectivity index (χ0n) is 12.3. The van der Waals surface area contributed by atoms with E-state index >= 15 is 0 Å². The zero-order valence-corrected chi connectivity index (χ0v) is 13.9. The highest BCUT2D eigenvalue weighted by Gasteiger charge is 2.30. The summed E-state index contributed by atoms with van der Waals surface area (Å²) in [5, 5.41) is 19.3. The summed E-state index contributed by atoms with van der Waals surface area (Å²) in [4.78, 5) is 1.17. The Hall–Kier alpha value is -1.25. The van der Waals surface area contributed by atoms with Crippen molar-refractivity contribution in [3.05, 3.63) is 28.2 Å². The fourth-order valence-electron chi connectivity index (χ4n) is 2.06. The average molecular weight is 329 g/mol. The number of hydrogen-bond acceptors (Lipinski definition) is 6. The van der Waals surface area contributed by atoms with Gasteiger partial charge in [0.25, 0.3) is 0 Å². The van der Waals surface area contributed by atoms with Crippen LogP contribution in [0.15, 0.2) is 22.7 Å². The summed E-state index contributed by atoms with van der Waals surface area (Å²) in [6.07, 6.45) is 0.724. The van der Waals surface area contributed by atoms with Crippen LogP contribution in [-0.4, -0.2) is 39.6 Å². The first-order valence-electron chi connectivity index (χ1n) is 6.56. The van der Waals surface area contributed by atoms with Gasteiger partial charge in [-0.25, -0.2) is 8.42 Å². The van der Waals surface area contributed by atoms with E-state index in [-0.39, 0.29) is 10.9 Å². The quantitative estimate of drug-likeness (QED) is 0.866. The highest BCUT2D eigenvalue weighted by atomic mass is 32.2. The van der Waals surface area contributed by atoms with E-state index in [0.29, 0.717) is 12.4 Å². The zero-order chi connectivity index (χ0) is 15.7. The maximum atomic E-state index is 12.4. The fourth-order valence-corrected chi connectivity index (χ4v) is 4.54. The van der Waals surface area contributed by atoms with Crippen molar-refractivity contribution < 1.29 is 13.5 Å². The Morgan fingerprint density at radius 3 is 2.67 bits per heavy atom. The first kappa shape index (κ1) is 16.1. The minimum Gasteiger partial charge on any atom is -0.389 e. The molecule has 2 aromatic rings. The van der Waals surface area contributed by atoms with Gasteiger partial charge in [0.1, 0.15) is 5.82 Å². The third-order valence-corrected chi connectivity index (χ3v) is 5.77. The molecule has 0 aliphatic heterocycles. The Labute approximate surface area is 128 Å². The molecule has 116 valence electrons. The van der Waals surface area contributed by atoms with Crippen LogP contribution in [0, 0.1) is 6.92 Å². The second kappa shape index (κ2) is 5.86. The lowest BCUT2D eigenvalue weighted by atomic mass is 10.2. The standard InChI is InChI=1S/C13H19N3O3S2/c1-10-14-15-12(21(18,19)9-13(2,3)17)16(10)7-6-11-5-4-8-20-11/h4-5,8,17H,6-7,9H2,1-3H3. The topological polar surface area (TPSA) is 85.1 Å². The van der Waals surface area contributed by atoms with Crippen LogP contribution in [0.4, 0.5) is 0 Å². The molecule has 2 aromatic heterocycles. The summed E-state index contributed by atoms with van der Waals surface area (Å²) in [6, 6.07) is 3.97. The van der Waals surface area contributed by atoms with Crippen LogP contribution in [0.25, 0.3) is 0 Å². The fraction of sp³-hybridized carbons (Fsp3) is 0.538. The third kappa shape index (κ3) is 4.12. The lowest BCUT2D eigenvalue weighted by Crippen LogP contribution is -2.31. The second-order valence-corrected chi connectivity index (χ2v) is 8.50. The Morgan fingerprint density at radius 2 is 2.10 bits per heavy atom. The molecule has 0 amide bonds. The number of thiophene rings is 1. The number of sulfone groups is 1. The van der Waals surface area contributed by atoms with Gasteiger partial charge < -0.3 is 9.67 Å². The molecule has 2 rings (SSSR count). The Kier molecular flexibility index (Phi) is 4.50. The minimum absolute atomic E-state index is 0.0707. The van der Waals surface area contributed by atoms with Crippen LogP contribution in [0.2, 0.25) is 0 Å². The highest BCUT2D eigenvalue weighted by molar-refractivity contribution is 7.91. The smallest absolute Gasteiger partial charge is 0.249 e. The number of hydrogen-bond donors (Lipinski definition) is 1. The molecule has 1 N–H and O–H groups in total. The number of nitrogens with zero attached hydrogens (tertiary/aromatic N) is 3. The molecule has 0 radical (unpaired) electrons. The van der Waals surface area contributed by atoms with Crippen molar-refractivity contribution in [2.75, 3.05) is 5.75 Å². The number of aromatic nitrogens is 3. The maximum Gasteiger partial charge on any atom is 0.249 e. The van der Waals surface area contributed by atoms with E-state index in [1.807, 2.05) is 17.5 Å². The van der Waals surface area contributed by atoms with Gasteiger partial charge in [-0.1, -0.05) is 6.07 Å². The summed E-state index contributed by atoms with van der Waals surface area (Å²) < 4.78 is 26.3. The van der Waals surface area contributed by atoms with Crippen LogP contribution < -0.4 is 0 Å². The molecule has 0 spiro atoms. The van der Waals surface area contributed by atoms with Crippen LogP contribution in [0.3, 0.4) is 0 Å². The van der Waals surface area contributed by atoms with Crippen molar-refractivity contribution in [3.63, 3.8) is 0 Å². The van der Waals surface area contributed by atoms with Crippen LogP contribution >= 0.6 is 11.3 Å². The van der Waals surface area contributed by atoms with Crippen LogP contribution in [0.1, 0.15) is 24.5 Å². The molecule has 6 nitrogen and oxygen atoms in total. The van der Waals surface area contributed by atoms with Gasteiger partial charge in [-0.3, -0.25) is 0 Å². The van der Waals surface area contributed by atoms with E-state index < -0.39 is 15.4 Å². The van der Waals surface area contributed by atoms with E-state index in [9.17, 15) is 13.5 Å². The average Bonchev–Trinajstić information content (AvgIpc) is 2.92. The predicted octanol–water partition coefficient (Wildman–Crippen LogP) is 1.44. The lowest BCUT2D eigenvalue weighted by Gasteiger charge is -2.17. The van der Waals surface area contributed by atoms with E-state index in [2.05, 4.69) is 10.2 Å². The molecular formula is C13H19N3O3S2. The van der Waals surface area contributed by atoms with Gasteiger partial charge in [-0.05, 0) is 38.6 Å². The minimum atomic E-state index is -3.68. The van der Waals surface area contributed by atoms with Crippen molar-refractivity contribution in [3.8, 4) is 0 Å². The number of rotatable bonds is 6. The molecule has 2 heterocycles. The van der Waals surface area contributed by atoms with Gasteiger partial charge in [0.15, 0.2) is 0 Å². The van der Waals surface area contributed by atoms with Gasteiger partial charge in [0.2, 0.25) is 15.0 Å². The summed E-state index contributed by atoms with van der Waals surface area (Å²) in [6.45, 7) is 5.15. The normalized spacial score (nSPS) is 12.8. The molecule has 0 aromatic carbocycles. The van der Waals surface area contributed by atoms with E-state index in [4.69, 9.17) is 0 Å². The molecule has 0 fully saturated rings. The van der Waals surface area contributed by atoms with Crippen molar-refractivity contribution in [2.24, 2.45) is 0 Å². The van der Waals surface area contributed by atoms with Gasteiger partial charge in [0, 0.05) is 11.4 Å². The number of aryl methyl sites for hydroxylation is 2. The summed E-state index contributed by atoms with van der Waals surface area (Å²) in [5.41, 5.74) is -1.31. The van der Waals surface area contributed by atoms with Crippen molar-refractivity contribution in [1.29, 1.82) is 0 Å². The van der Waals surface area contributed by atoms with Crippen molar-refractivity contribution in [2.45, 2.75) is 44.5 Å². The monoisotopic (exact) mass is 329 g/mol. The van der Waals surface area contributed by atoms with Gasteiger partial charge >= 0.3 is 0 Å². The van der Waals surface area contributed by atoms with Crippen LogP contribution in [-0.2, 0) is 22.8 Å². The van der Waals surface area contributed by atoms with Crippen LogP contribution in [0.5, 0.6) is 0 Å². The molecule has 0 aliphatic rings. The predicted molar refractivity (Wildman–Crippen MR) is 81.1 cm³/mol. The van der Waals surface area contributed by atoms with Crippen molar-refractivity contribution >= 4 is 21.2 Å². The third-order valence-electron chi connectivity index (χ3n) is 2.89. The molecule has 0 atom stereocenters. The Bertz CT molecular complexity index is 698. The Balaban J connectivity index is 2.25. The second-order valence-electron chi connectivity index (χ2n) is 5.58. The molecule has 21 heavy (non-hydrogen) atoms. The van der Waals surface area contributed by atoms with E-state index in [1.165, 1.54) is 18.7 Å². The molecule has 0 aliphatic carbocycles. The highest BCUT2D eigenvalue weighted by Crippen LogP contribution is 2.17. The Morgan fingerprint density at radius 1 is 1.38 bits per heavy atom. The van der Waals surface area contributed by atoms with Gasteiger partial charge in [0.05, 0.1) is 11.4 Å². The molecule has 0 saturated heterocycles. The summed E-state index contributed by atoms with van der Waals surface area (Å²) in [5.74, 6) is 0.179. The maximum absolute atomic E-state index is 12.4. The largest absolute Gasteiger partial charge is 0.389 e. The molecule has 0 unspecified atom stereocenters. The van der Waals surface area contributed by atoms with E-state index in [1.54, 1.807) is 22.8 Å². The number of aliphatic hydroxyl groups is 1. The molecule has 0 bridgehead atoms. The van der Waals surface area contributed by atoms with Gasteiger partial charge in [-0.15, -0.1) is 21.5 Å². The SMILES string of the molecule is Cc1nnc(S(=O)(=O)CC(C)(C)O)n1CCc1cccs1. The summed E-state index contributed by atoms with van der Waals surface area (Å²) in [7, 11) is -3.68. The first-order chi connectivity index (χ1) is 9.69. The molecule has 0 saturated carbocycles. The molecular weight excluding hydrogens is 310 g/mol. The summed E-state index contributed by atoms with van der Waals surface area (Å²) >= 11 is 1.63. The van der Waals surface area contributed by atoms with E-state index in [0.717, 1.165) is 6.42 Å². The van der Waals surface area contributed by atoms with Crippen molar-refractivity contribution in [1.82, 2.24) is 14.8 Å². The first-order valence-corrected chi connectivity index (χ1v) is 9.09. The molecule has 8 heteroatoms.